The highest BCUT2D eigenvalue weighted by atomic mass is 19.1. The second-order valence-electron chi connectivity index (χ2n) is 9.16. The molecule has 2 aromatic heterocycles. The van der Waals surface area contributed by atoms with Crippen LogP contribution in [0, 0.1) is 21.8 Å². The van der Waals surface area contributed by atoms with Crippen molar-refractivity contribution in [3.05, 3.63) is 73.8 Å². The van der Waals surface area contributed by atoms with Gasteiger partial charge in [-0.05, 0) is 23.8 Å². The lowest BCUT2D eigenvalue weighted by Crippen LogP contribution is -2.26. The number of aromatic carboxylic acids is 1. The molecule has 0 spiro atoms. The Hall–Kier alpha value is -4.46. The molecule has 3 atom stereocenters. The first-order valence-corrected chi connectivity index (χ1v) is 11.7. The first-order valence-electron chi connectivity index (χ1n) is 11.7. The Kier molecular flexibility index (Phi) is 6.48. The van der Waals surface area contributed by atoms with E-state index in [1.165, 1.54) is 16.7 Å². The molecule has 12 nitrogen and oxygen atoms in total. The highest BCUT2D eigenvalue weighted by Crippen LogP contribution is 2.40. The van der Waals surface area contributed by atoms with E-state index < -0.39 is 39.9 Å². The molecule has 3 N–H and O–H groups in total. The number of alkyl halides is 1. The van der Waals surface area contributed by atoms with Gasteiger partial charge in [0.05, 0.1) is 28.6 Å². The number of oxime groups is 1. The van der Waals surface area contributed by atoms with Crippen molar-refractivity contribution in [3.8, 4) is 0 Å². The number of hydrogen-bond donors (Lipinski definition) is 2. The second kappa shape index (κ2) is 9.78. The normalized spacial score (nSPS) is 21.7. The number of nitro groups is 1. The highest BCUT2D eigenvalue weighted by molar-refractivity contribution is 5.95. The Balaban J connectivity index is 1.42. The summed E-state index contributed by atoms with van der Waals surface area (Å²) in [5, 5.41) is 24.1. The Labute approximate surface area is 213 Å². The molecule has 0 bridgehead atoms. The predicted octanol–water partition coefficient (Wildman–Crippen LogP) is 2.39. The zero-order valence-corrected chi connectivity index (χ0v) is 19.8. The molecule has 3 aromatic rings. The summed E-state index contributed by atoms with van der Waals surface area (Å²) in [6, 6.07) is 6.03. The number of halogens is 2. The Morgan fingerprint density at radius 3 is 2.66 bits per heavy atom. The summed E-state index contributed by atoms with van der Waals surface area (Å²) in [7, 11) is 0. The molecule has 1 saturated carbocycles. The third-order valence-electron chi connectivity index (χ3n) is 6.62. The first-order chi connectivity index (χ1) is 18.2. The SMILES string of the molecule is NCC1CN(c2nc3c(cc2F)c(=O)c(C(=O)O)cn3[C@@H]2C[C@@H]2F)C/C1=N\OCc1ccc([N+](=O)[O-])cc1. The van der Waals surface area contributed by atoms with Crippen LogP contribution in [0.4, 0.5) is 20.3 Å². The molecule has 0 amide bonds. The standard InChI is InChI=1S/C24H22F2N6O6/c25-17-6-20(17)31-9-16(24(34)35)21(33)15-5-18(26)23(28-22(15)31)30-8-13(7-27)19(10-30)29-38-11-12-1-3-14(4-2-12)32(36)37/h1-5,9,13,17,20H,6-8,10-11,27H2,(H,34,35)/b29-19+/t13?,17-,20+/m0/s1. The fourth-order valence-corrected chi connectivity index (χ4v) is 4.44. The van der Waals surface area contributed by atoms with E-state index in [4.69, 9.17) is 10.6 Å². The molecule has 38 heavy (non-hydrogen) atoms. The fraction of sp³-hybridized carbons (Fsp3) is 0.333. The topological polar surface area (TPSA) is 166 Å². The molecule has 2 fully saturated rings. The maximum absolute atomic E-state index is 15.2. The average molecular weight is 528 g/mol. The number of nitrogens with zero attached hydrogens (tertiary/aromatic N) is 5. The molecule has 2 aliphatic rings. The lowest BCUT2D eigenvalue weighted by molar-refractivity contribution is -0.384. The summed E-state index contributed by atoms with van der Waals surface area (Å²) in [6.07, 6.45) is -0.0390. The summed E-state index contributed by atoms with van der Waals surface area (Å²) in [5.74, 6) is -2.74. The van der Waals surface area contributed by atoms with Crippen molar-refractivity contribution in [1.29, 1.82) is 0 Å². The number of carbonyl (C=O) groups is 1. The molecule has 198 valence electrons. The van der Waals surface area contributed by atoms with E-state index in [1.807, 2.05) is 0 Å². The third-order valence-corrected chi connectivity index (χ3v) is 6.62. The lowest BCUT2D eigenvalue weighted by Gasteiger charge is -2.19. The lowest BCUT2D eigenvalue weighted by atomic mass is 10.1. The average Bonchev–Trinajstić information content (AvgIpc) is 3.47. The fourth-order valence-electron chi connectivity index (χ4n) is 4.44. The van der Waals surface area contributed by atoms with E-state index in [9.17, 15) is 29.2 Å². The van der Waals surface area contributed by atoms with Gasteiger partial charge in [-0.3, -0.25) is 14.9 Å². The molecule has 1 aliphatic heterocycles. The van der Waals surface area contributed by atoms with Gasteiger partial charge in [0, 0.05) is 43.8 Å². The number of fused-ring (bicyclic) bond motifs is 1. The van der Waals surface area contributed by atoms with Gasteiger partial charge in [-0.1, -0.05) is 5.16 Å². The number of non-ortho nitro benzene ring substituents is 1. The van der Waals surface area contributed by atoms with Gasteiger partial charge in [0.15, 0.2) is 11.6 Å². The largest absolute Gasteiger partial charge is 0.477 e. The smallest absolute Gasteiger partial charge is 0.341 e. The number of nitrogens with two attached hydrogens (primary N) is 1. The van der Waals surface area contributed by atoms with Gasteiger partial charge >= 0.3 is 5.97 Å². The van der Waals surface area contributed by atoms with Crippen LogP contribution in [0.15, 0.2) is 46.5 Å². The van der Waals surface area contributed by atoms with E-state index in [1.54, 1.807) is 17.0 Å². The van der Waals surface area contributed by atoms with Gasteiger partial charge in [0.25, 0.3) is 5.69 Å². The van der Waals surface area contributed by atoms with Crippen LogP contribution in [0.1, 0.15) is 28.4 Å². The van der Waals surface area contributed by atoms with E-state index in [2.05, 4.69) is 10.1 Å². The van der Waals surface area contributed by atoms with Crippen LogP contribution >= 0.6 is 0 Å². The summed E-state index contributed by atoms with van der Waals surface area (Å²) >= 11 is 0. The molecule has 14 heteroatoms. The van der Waals surface area contributed by atoms with Crippen molar-refractivity contribution in [2.24, 2.45) is 16.8 Å². The molecule has 1 unspecified atom stereocenters. The summed E-state index contributed by atoms with van der Waals surface area (Å²) in [5.41, 5.74) is 5.53. The van der Waals surface area contributed by atoms with E-state index in [-0.39, 0.29) is 61.1 Å². The van der Waals surface area contributed by atoms with Crippen LogP contribution in [-0.2, 0) is 11.4 Å². The van der Waals surface area contributed by atoms with Crippen molar-refractivity contribution in [2.75, 3.05) is 24.5 Å². The Morgan fingerprint density at radius 2 is 2.05 bits per heavy atom. The number of anilines is 1. The van der Waals surface area contributed by atoms with Crippen LogP contribution in [0.25, 0.3) is 11.0 Å². The summed E-state index contributed by atoms with van der Waals surface area (Å²) in [4.78, 5) is 45.8. The Morgan fingerprint density at radius 1 is 1.34 bits per heavy atom. The van der Waals surface area contributed by atoms with Gasteiger partial charge in [-0.25, -0.2) is 18.6 Å². The highest BCUT2D eigenvalue weighted by Gasteiger charge is 2.41. The molecule has 1 saturated heterocycles. The monoisotopic (exact) mass is 528 g/mol. The molecule has 0 radical (unpaired) electrons. The number of carboxylic acid groups (broad SMARTS) is 1. The number of hydrogen-bond acceptors (Lipinski definition) is 9. The van der Waals surface area contributed by atoms with E-state index in [0.717, 1.165) is 12.3 Å². The molecule has 5 rings (SSSR count). The van der Waals surface area contributed by atoms with E-state index >= 15 is 4.39 Å². The molecular weight excluding hydrogens is 506 g/mol. The van der Waals surface area contributed by atoms with Crippen molar-refractivity contribution in [1.82, 2.24) is 9.55 Å². The van der Waals surface area contributed by atoms with Crippen molar-refractivity contribution < 1.29 is 28.4 Å². The minimum absolute atomic E-state index is 0.00865. The van der Waals surface area contributed by atoms with Crippen molar-refractivity contribution in [3.63, 3.8) is 0 Å². The van der Waals surface area contributed by atoms with Gasteiger partial charge in [0.2, 0.25) is 5.43 Å². The zero-order valence-electron chi connectivity index (χ0n) is 19.8. The first kappa shape index (κ1) is 25.2. The number of carboxylic acids is 1. The number of aromatic nitrogens is 2. The predicted molar refractivity (Wildman–Crippen MR) is 132 cm³/mol. The quantitative estimate of drug-likeness (QED) is 0.330. The molecule has 1 aliphatic carbocycles. The molecule has 3 heterocycles. The summed E-state index contributed by atoms with van der Waals surface area (Å²) in [6.45, 7) is 0.595. The van der Waals surface area contributed by atoms with Gasteiger partial charge < -0.3 is 25.1 Å². The molecular formula is C24H22F2N6O6. The van der Waals surface area contributed by atoms with Crippen LogP contribution in [0.3, 0.4) is 0 Å². The van der Waals surface area contributed by atoms with Gasteiger partial charge in [-0.2, -0.15) is 0 Å². The Bertz CT molecular complexity index is 1530. The number of nitro benzene ring substituents is 1. The van der Waals surface area contributed by atoms with Crippen LogP contribution in [0.5, 0.6) is 0 Å². The minimum Gasteiger partial charge on any atom is -0.477 e. The molecule has 1 aromatic carbocycles. The maximum Gasteiger partial charge on any atom is 0.341 e. The van der Waals surface area contributed by atoms with Crippen molar-refractivity contribution in [2.45, 2.75) is 25.2 Å². The second-order valence-corrected chi connectivity index (χ2v) is 9.16. The minimum atomic E-state index is -1.49. The van der Waals surface area contributed by atoms with Crippen LogP contribution < -0.4 is 16.1 Å². The maximum atomic E-state index is 15.2. The van der Waals surface area contributed by atoms with E-state index in [0.29, 0.717) is 11.3 Å². The third kappa shape index (κ3) is 4.65. The summed E-state index contributed by atoms with van der Waals surface area (Å²) < 4.78 is 30.4. The number of benzene rings is 1. The van der Waals surface area contributed by atoms with Crippen molar-refractivity contribution >= 4 is 34.2 Å². The number of rotatable bonds is 8. The van der Waals surface area contributed by atoms with Gasteiger partial charge in [-0.15, -0.1) is 0 Å². The zero-order chi connectivity index (χ0) is 27.1. The van der Waals surface area contributed by atoms with Crippen LogP contribution in [-0.4, -0.2) is 57.1 Å². The van der Waals surface area contributed by atoms with Crippen LogP contribution in [0.2, 0.25) is 0 Å². The van der Waals surface area contributed by atoms with Gasteiger partial charge in [0.1, 0.15) is 24.0 Å². The number of pyridine rings is 2.